The Balaban J connectivity index is 1.14. The standard InChI is InChI=1S/C27H29ClN4O2/c28-25-10-6-23(7-11-25)19-31-14-16-32(17-15-31)20-27(33)30-29-18-22-8-12-26(13-9-22)34-21-24-4-2-1-3-5-24/h1-13,18H,14-17,19-21H2,(H,30,33). The maximum Gasteiger partial charge on any atom is 0.254 e. The zero-order valence-corrected chi connectivity index (χ0v) is 19.8. The van der Waals surface area contributed by atoms with E-state index in [1.807, 2.05) is 66.7 Å². The average Bonchev–Trinajstić information content (AvgIpc) is 2.87. The second-order valence-corrected chi connectivity index (χ2v) is 8.75. The van der Waals surface area contributed by atoms with Crippen LogP contribution in [0.4, 0.5) is 0 Å². The predicted octanol–water partition coefficient (Wildman–Crippen LogP) is 4.19. The average molecular weight is 477 g/mol. The van der Waals surface area contributed by atoms with Crippen LogP contribution >= 0.6 is 11.6 Å². The second-order valence-electron chi connectivity index (χ2n) is 8.32. The van der Waals surface area contributed by atoms with Crippen LogP contribution in [0.25, 0.3) is 0 Å². The van der Waals surface area contributed by atoms with Crippen molar-refractivity contribution in [2.45, 2.75) is 13.2 Å². The molecule has 3 aromatic carbocycles. The predicted molar refractivity (Wildman–Crippen MR) is 136 cm³/mol. The number of ether oxygens (including phenoxy) is 1. The lowest BCUT2D eigenvalue weighted by Crippen LogP contribution is -2.48. The number of hydrogen-bond acceptors (Lipinski definition) is 5. The van der Waals surface area contributed by atoms with Crippen molar-refractivity contribution in [1.82, 2.24) is 15.2 Å². The zero-order chi connectivity index (χ0) is 23.6. The van der Waals surface area contributed by atoms with Gasteiger partial charge >= 0.3 is 0 Å². The smallest absolute Gasteiger partial charge is 0.254 e. The minimum atomic E-state index is -0.106. The lowest BCUT2D eigenvalue weighted by molar-refractivity contribution is -0.122. The van der Waals surface area contributed by atoms with Crippen LogP contribution in [-0.2, 0) is 17.9 Å². The minimum Gasteiger partial charge on any atom is -0.489 e. The molecule has 0 atom stereocenters. The molecule has 1 aliphatic heterocycles. The SMILES string of the molecule is O=C(CN1CCN(Cc2ccc(Cl)cc2)CC1)NN=Cc1ccc(OCc2ccccc2)cc1. The molecule has 1 amide bonds. The summed E-state index contributed by atoms with van der Waals surface area (Å²) < 4.78 is 5.79. The lowest BCUT2D eigenvalue weighted by atomic mass is 10.2. The Kier molecular flexibility index (Phi) is 8.68. The molecule has 34 heavy (non-hydrogen) atoms. The fraction of sp³-hybridized carbons (Fsp3) is 0.259. The summed E-state index contributed by atoms with van der Waals surface area (Å²) in [6.45, 7) is 5.34. The van der Waals surface area contributed by atoms with Crippen LogP contribution in [-0.4, -0.2) is 54.6 Å². The Morgan fingerprint density at radius 2 is 1.56 bits per heavy atom. The number of amides is 1. The molecule has 0 radical (unpaired) electrons. The first-order chi connectivity index (χ1) is 16.6. The topological polar surface area (TPSA) is 57.2 Å². The molecule has 0 aromatic heterocycles. The highest BCUT2D eigenvalue weighted by Gasteiger charge is 2.18. The van der Waals surface area contributed by atoms with Crippen LogP contribution in [0.15, 0.2) is 84.0 Å². The van der Waals surface area contributed by atoms with Crippen LogP contribution in [0, 0.1) is 0 Å². The number of halogens is 1. The van der Waals surface area contributed by atoms with Gasteiger partial charge in [-0.1, -0.05) is 54.1 Å². The van der Waals surface area contributed by atoms with Gasteiger partial charge in [0.05, 0.1) is 12.8 Å². The highest BCUT2D eigenvalue weighted by molar-refractivity contribution is 6.30. The molecule has 0 bridgehead atoms. The Morgan fingerprint density at radius 1 is 0.882 bits per heavy atom. The van der Waals surface area contributed by atoms with Crippen LogP contribution in [0.3, 0.4) is 0 Å². The Bertz CT molecular complexity index is 1060. The third kappa shape index (κ3) is 7.70. The molecule has 0 saturated carbocycles. The van der Waals surface area contributed by atoms with E-state index >= 15 is 0 Å². The van der Waals surface area contributed by atoms with E-state index in [9.17, 15) is 4.79 Å². The molecule has 4 rings (SSSR count). The van der Waals surface area contributed by atoms with E-state index in [4.69, 9.17) is 16.3 Å². The van der Waals surface area contributed by atoms with Gasteiger partial charge in [-0.25, -0.2) is 5.43 Å². The summed E-state index contributed by atoms with van der Waals surface area (Å²) in [4.78, 5) is 16.8. The van der Waals surface area contributed by atoms with E-state index in [-0.39, 0.29) is 5.91 Å². The number of piperazine rings is 1. The normalized spacial score (nSPS) is 14.9. The first-order valence-corrected chi connectivity index (χ1v) is 11.8. The van der Waals surface area contributed by atoms with Crippen molar-refractivity contribution in [3.05, 3.63) is 101 Å². The number of rotatable bonds is 9. The molecule has 0 aliphatic carbocycles. The van der Waals surface area contributed by atoms with Crippen molar-refractivity contribution in [2.75, 3.05) is 32.7 Å². The number of carbonyl (C=O) groups is 1. The van der Waals surface area contributed by atoms with Gasteiger partial charge in [0.1, 0.15) is 12.4 Å². The number of nitrogens with zero attached hydrogens (tertiary/aromatic N) is 3. The molecule has 1 heterocycles. The van der Waals surface area contributed by atoms with Crippen molar-refractivity contribution >= 4 is 23.7 Å². The van der Waals surface area contributed by atoms with Gasteiger partial charge in [-0.05, 0) is 53.1 Å². The summed E-state index contributed by atoms with van der Waals surface area (Å²) in [5, 5.41) is 4.85. The van der Waals surface area contributed by atoms with Gasteiger partial charge in [0.2, 0.25) is 0 Å². The van der Waals surface area contributed by atoms with Crippen molar-refractivity contribution in [3.63, 3.8) is 0 Å². The van der Waals surface area contributed by atoms with E-state index in [0.29, 0.717) is 13.2 Å². The lowest BCUT2D eigenvalue weighted by Gasteiger charge is -2.34. The maximum atomic E-state index is 12.3. The van der Waals surface area contributed by atoms with Crippen molar-refractivity contribution in [3.8, 4) is 5.75 Å². The van der Waals surface area contributed by atoms with Gasteiger partial charge in [-0.2, -0.15) is 5.10 Å². The van der Waals surface area contributed by atoms with Gasteiger partial charge < -0.3 is 4.74 Å². The molecule has 1 saturated heterocycles. The molecule has 176 valence electrons. The van der Waals surface area contributed by atoms with Crippen molar-refractivity contribution < 1.29 is 9.53 Å². The zero-order valence-electron chi connectivity index (χ0n) is 19.1. The third-order valence-corrected chi connectivity index (χ3v) is 5.93. The molecule has 0 spiro atoms. The van der Waals surface area contributed by atoms with Crippen molar-refractivity contribution in [1.29, 1.82) is 0 Å². The molecule has 1 fully saturated rings. The fourth-order valence-electron chi connectivity index (χ4n) is 3.76. The summed E-state index contributed by atoms with van der Waals surface area (Å²) in [5.74, 6) is 0.686. The quantitative estimate of drug-likeness (QED) is 0.371. The Hall–Kier alpha value is -3.19. The first-order valence-electron chi connectivity index (χ1n) is 11.4. The molecule has 1 aliphatic rings. The number of hydrazone groups is 1. The fourth-order valence-corrected chi connectivity index (χ4v) is 3.89. The largest absolute Gasteiger partial charge is 0.489 e. The van der Waals surface area contributed by atoms with Crippen LogP contribution < -0.4 is 10.2 Å². The van der Waals surface area contributed by atoms with E-state index in [1.165, 1.54) is 5.56 Å². The van der Waals surface area contributed by atoms with Crippen LogP contribution in [0.2, 0.25) is 5.02 Å². The number of carbonyl (C=O) groups excluding carboxylic acids is 1. The van der Waals surface area contributed by atoms with Gasteiger partial charge in [0.25, 0.3) is 5.91 Å². The molecule has 3 aromatic rings. The summed E-state index contributed by atoms with van der Waals surface area (Å²) in [7, 11) is 0. The van der Waals surface area contributed by atoms with Gasteiger partial charge in [0.15, 0.2) is 0 Å². The van der Waals surface area contributed by atoms with Gasteiger partial charge in [-0.15, -0.1) is 0 Å². The Morgan fingerprint density at radius 3 is 2.26 bits per heavy atom. The van der Waals surface area contributed by atoms with E-state index in [2.05, 4.69) is 32.5 Å². The van der Waals surface area contributed by atoms with Crippen LogP contribution in [0.1, 0.15) is 16.7 Å². The summed E-state index contributed by atoms with van der Waals surface area (Å²) in [6.07, 6.45) is 1.64. The van der Waals surface area contributed by atoms with E-state index < -0.39 is 0 Å². The van der Waals surface area contributed by atoms with E-state index in [0.717, 1.165) is 54.6 Å². The number of hydrogen-bond donors (Lipinski definition) is 1. The highest BCUT2D eigenvalue weighted by atomic mass is 35.5. The van der Waals surface area contributed by atoms with Gasteiger partial charge in [0, 0.05) is 37.7 Å². The molecule has 6 nitrogen and oxygen atoms in total. The third-order valence-electron chi connectivity index (χ3n) is 5.68. The second kappa shape index (κ2) is 12.3. The van der Waals surface area contributed by atoms with Crippen LogP contribution in [0.5, 0.6) is 5.75 Å². The molecule has 0 unspecified atom stereocenters. The van der Waals surface area contributed by atoms with Crippen molar-refractivity contribution in [2.24, 2.45) is 5.10 Å². The molecular formula is C27H29ClN4O2. The molecular weight excluding hydrogens is 448 g/mol. The number of benzene rings is 3. The minimum absolute atomic E-state index is 0.106. The summed E-state index contributed by atoms with van der Waals surface area (Å²) >= 11 is 5.96. The highest BCUT2D eigenvalue weighted by Crippen LogP contribution is 2.14. The Labute approximate surface area is 205 Å². The molecule has 1 N–H and O–H groups in total. The summed E-state index contributed by atoms with van der Waals surface area (Å²) in [5.41, 5.74) is 5.89. The molecule has 7 heteroatoms. The summed E-state index contributed by atoms with van der Waals surface area (Å²) in [6, 6.07) is 25.6. The van der Waals surface area contributed by atoms with E-state index in [1.54, 1.807) is 6.21 Å². The maximum absolute atomic E-state index is 12.3. The van der Waals surface area contributed by atoms with Gasteiger partial charge in [-0.3, -0.25) is 14.6 Å². The monoisotopic (exact) mass is 476 g/mol. The first kappa shape index (κ1) is 24.0. The number of nitrogens with one attached hydrogen (secondary N) is 1.